The van der Waals surface area contributed by atoms with Crippen LogP contribution in [-0.2, 0) is 6.42 Å². The molecular weight excluding hydrogens is 449 g/mol. The lowest BCUT2D eigenvalue weighted by molar-refractivity contribution is -0.115. The van der Waals surface area contributed by atoms with E-state index in [0.717, 1.165) is 5.56 Å². The van der Waals surface area contributed by atoms with Crippen molar-refractivity contribution in [2.24, 2.45) is 0 Å². The fraction of sp³-hybridized carbons (Fsp3) is 0.208. The summed E-state index contributed by atoms with van der Waals surface area (Å²) in [6.07, 6.45) is -1.05. The van der Waals surface area contributed by atoms with Crippen LogP contribution in [0.5, 0.6) is 5.75 Å². The fourth-order valence-electron chi connectivity index (χ4n) is 3.53. The molecule has 4 aromatic rings. The summed E-state index contributed by atoms with van der Waals surface area (Å²) in [4.78, 5) is 21.8. The quantitative estimate of drug-likeness (QED) is 0.425. The van der Waals surface area contributed by atoms with Crippen molar-refractivity contribution in [3.63, 3.8) is 0 Å². The Bertz CT molecular complexity index is 1350. The molecule has 2 aromatic heterocycles. The van der Waals surface area contributed by atoms with Gasteiger partial charge in [-0.2, -0.15) is 13.2 Å². The smallest absolute Gasteiger partial charge is 0.405 e. The molecule has 7 nitrogen and oxygen atoms in total. The molecule has 0 saturated carbocycles. The minimum absolute atomic E-state index is 0.0145. The number of fused-ring (bicyclic) bond motifs is 1. The van der Waals surface area contributed by atoms with Crippen LogP contribution in [0.2, 0.25) is 0 Å². The van der Waals surface area contributed by atoms with Crippen molar-refractivity contribution >= 4 is 16.9 Å². The SMILES string of the molecule is COc1ccc(-n2cc3cnc(NCC(F)(F)F)nc3c(-c3ccc(CCO)cc3)c2=O)cc1. The number of benzene rings is 2. The van der Waals surface area contributed by atoms with Gasteiger partial charge in [-0.3, -0.25) is 9.36 Å². The molecule has 0 aliphatic heterocycles. The fourth-order valence-corrected chi connectivity index (χ4v) is 3.53. The van der Waals surface area contributed by atoms with Gasteiger partial charge in [-0.25, -0.2) is 9.97 Å². The summed E-state index contributed by atoms with van der Waals surface area (Å²) in [5.74, 6) is 0.394. The molecular formula is C24H21F3N4O3. The topological polar surface area (TPSA) is 89.3 Å². The molecule has 2 aromatic carbocycles. The third-order valence-corrected chi connectivity index (χ3v) is 5.20. The normalized spacial score (nSPS) is 11.6. The number of alkyl halides is 3. The van der Waals surface area contributed by atoms with Gasteiger partial charge in [0, 0.05) is 30.1 Å². The zero-order valence-corrected chi connectivity index (χ0v) is 18.1. The van der Waals surface area contributed by atoms with Crippen LogP contribution in [0.25, 0.3) is 27.7 Å². The number of pyridine rings is 1. The van der Waals surface area contributed by atoms with E-state index in [4.69, 9.17) is 9.84 Å². The van der Waals surface area contributed by atoms with E-state index in [1.807, 2.05) is 0 Å². The molecule has 0 atom stereocenters. The number of methoxy groups -OCH3 is 1. The van der Waals surface area contributed by atoms with Gasteiger partial charge in [0.25, 0.3) is 5.56 Å². The van der Waals surface area contributed by atoms with E-state index in [-0.39, 0.29) is 23.6 Å². The van der Waals surface area contributed by atoms with E-state index < -0.39 is 18.3 Å². The van der Waals surface area contributed by atoms with E-state index in [9.17, 15) is 18.0 Å². The summed E-state index contributed by atoms with van der Waals surface area (Å²) >= 11 is 0. The number of aliphatic hydroxyl groups is 1. The van der Waals surface area contributed by atoms with Crippen LogP contribution in [0.1, 0.15) is 5.56 Å². The Hall–Kier alpha value is -3.92. The summed E-state index contributed by atoms with van der Waals surface area (Å²) in [5.41, 5.74) is 2.05. The Kier molecular flexibility index (Phi) is 6.51. The molecule has 0 bridgehead atoms. The van der Waals surface area contributed by atoms with Gasteiger partial charge >= 0.3 is 6.18 Å². The Balaban J connectivity index is 1.90. The van der Waals surface area contributed by atoms with Crippen molar-refractivity contribution in [2.45, 2.75) is 12.6 Å². The van der Waals surface area contributed by atoms with Gasteiger partial charge in [0.2, 0.25) is 5.95 Å². The molecule has 0 radical (unpaired) electrons. The number of aliphatic hydroxyl groups excluding tert-OH is 1. The van der Waals surface area contributed by atoms with Crippen molar-refractivity contribution in [1.29, 1.82) is 0 Å². The largest absolute Gasteiger partial charge is 0.497 e. The summed E-state index contributed by atoms with van der Waals surface area (Å²) in [7, 11) is 1.54. The van der Waals surface area contributed by atoms with E-state index in [1.165, 1.54) is 17.9 Å². The number of hydrogen-bond donors (Lipinski definition) is 2. The van der Waals surface area contributed by atoms with E-state index in [0.29, 0.717) is 28.8 Å². The van der Waals surface area contributed by atoms with Crippen molar-refractivity contribution in [2.75, 3.05) is 25.6 Å². The molecule has 0 saturated heterocycles. The molecule has 0 amide bonds. The standard InChI is InChI=1S/C24H21F3N4O3/c1-34-19-8-6-18(7-9-19)31-13-17-12-28-23(29-14-24(25,26)27)30-21(17)20(22(31)33)16-4-2-15(3-5-16)10-11-32/h2-9,12-13,32H,10-11,14H2,1H3,(H,29,30). The minimum atomic E-state index is -4.44. The lowest BCUT2D eigenvalue weighted by Crippen LogP contribution is -2.23. The Morgan fingerprint density at radius 1 is 1.09 bits per heavy atom. The molecule has 0 spiro atoms. The van der Waals surface area contributed by atoms with Gasteiger partial charge in [0.05, 0.1) is 18.2 Å². The number of nitrogens with one attached hydrogen (secondary N) is 1. The van der Waals surface area contributed by atoms with E-state index in [1.54, 1.807) is 54.7 Å². The summed E-state index contributed by atoms with van der Waals surface area (Å²) in [6.45, 7) is -1.31. The molecule has 0 aliphatic carbocycles. The Labute approximate surface area is 192 Å². The Morgan fingerprint density at radius 3 is 2.41 bits per heavy atom. The van der Waals surface area contributed by atoms with Crippen LogP contribution in [-0.4, -0.2) is 46.1 Å². The second kappa shape index (κ2) is 9.52. The van der Waals surface area contributed by atoms with E-state index in [2.05, 4.69) is 15.3 Å². The highest BCUT2D eigenvalue weighted by molar-refractivity contribution is 5.93. The van der Waals surface area contributed by atoms with E-state index >= 15 is 0 Å². The number of aromatic nitrogens is 3. The number of rotatable bonds is 7. The maximum absolute atomic E-state index is 13.6. The van der Waals surface area contributed by atoms with Gasteiger partial charge < -0.3 is 15.2 Å². The molecule has 176 valence electrons. The zero-order valence-electron chi connectivity index (χ0n) is 18.1. The average Bonchev–Trinajstić information content (AvgIpc) is 2.83. The molecule has 0 unspecified atom stereocenters. The van der Waals surface area contributed by atoms with Crippen molar-refractivity contribution in [3.05, 3.63) is 76.8 Å². The van der Waals surface area contributed by atoms with Crippen molar-refractivity contribution in [3.8, 4) is 22.6 Å². The first-order valence-corrected chi connectivity index (χ1v) is 10.4. The van der Waals surface area contributed by atoms with Crippen LogP contribution in [0, 0.1) is 0 Å². The molecule has 2 heterocycles. The van der Waals surface area contributed by atoms with Crippen LogP contribution in [0.4, 0.5) is 19.1 Å². The second-order valence-corrected chi connectivity index (χ2v) is 7.51. The summed E-state index contributed by atoms with van der Waals surface area (Å²) in [5, 5.41) is 11.8. The van der Waals surface area contributed by atoms with Gasteiger partial charge in [0.1, 0.15) is 12.3 Å². The molecule has 10 heteroatoms. The van der Waals surface area contributed by atoms with Gasteiger partial charge in [-0.05, 0) is 41.8 Å². The molecule has 2 N–H and O–H groups in total. The summed E-state index contributed by atoms with van der Waals surface area (Å²) in [6, 6.07) is 13.9. The maximum atomic E-state index is 13.6. The number of ether oxygens (including phenoxy) is 1. The summed E-state index contributed by atoms with van der Waals surface area (Å²) < 4.78 is 44.6. The second-order valence-electron chi connectivity index (χ2n) is 7.51. The third kappa shape index (κ3) is 5.01. The van der Waals surface area contributed by atoms with Crippen LogP contribution >= 0.6 is 0 Å². The highest BCUT2D eigenvalue weighted by Crippen LogP contribution is 2.27. The van der Waals surface area contributed by atoms with Crippen molar-refractivity contribution in [1.82, 2.24) is 14.5 Å². The Morgan fingerprint density at radius 2 is 1.79 bits per heavy atom. The predicted octanol–water partition coefficient (Wildman–Crippen LogP) is 3.97. The molecule has 0 fully saturated rings. The van der Waals surface area contributed by atoms with Gasteiger partial charge in [-0.1, -0.05) is 24.3 Å². The molecule has 0 aliphatic rings. The predicted molar refractivity (Wildman–Crippen MR) is 122 cm³/mol. The van der Waals surface area contributed by atoms with Crippen LogP contribution < -0.4 is 15.6 Å². The van der Waals surface area contributed by atoms with Crippen molar-refractivity contribution < 1.29 is 23.0 Å². The third-order valence-electron chi connectivity index (χ3n) is 5.20. The van der Waals surface area contributed by atoms with Gasteiger partial charge in [-0.15, -0.1) is 0 Å². The first kappa shape index (κ1) is 23.2. The zero-order chi connectivity index (χ0) is 24.3. The van der Waals surface area contributed by atoms with Gasteiger partial charge in [0.15, 0.2) is 0 Å². The maximum Gasteiger partial charge on any atom is 0.405 e. The lowest BCUT2D eigenvalue weighted by atomic mass is 10.0. The number of nitrogens with zero attached hydrogens (tertiary/aromatic N) is 3. The highest BCUT2D eigenvalue weighted by Gasteiger charge is 2.27. The highest BCUT2D eigenvalue weighted by atomic mass is 19.4. The number of anilines is 1. The lowest BCUT2D eigenvalue weighted by Gasteiger charge is -2.14. The molecule has 34 heavy (non-hydrogen) atoms. The number of hydrogen-bond acceptors (Lipinski definition) is 6. The minimum Gasteiger partial charge on any atom is -0.497 e. The monoisotopic (exact) mass is 470 g/mol. The van der Waals surface area contributed by atoms with Crippen LogP contribution in [0.15, 0.2) is 65.7 Å². The van der Waals surface area contributed by atoms with Crippen LogP contribution in [0.3, 0.4) is 0 Å². The first-order chi connectivity index (χ1) is 16.3. The average molecular weight is 470 g/mol. The number of halogens is 3. The first-order valence-electron chi connectivity index (χ1n) is 10.4. The molecule has 4 rings (SSSR count).